The molecule has 0 heterocycles. The summed E-state index contributed by atoms with van der Waals surface area (Å²) in [6.07, 6.45) is -1.08. The quantitative estimate of drug-likeness (QED) is 0.341. The van der Waals surface area contributed by atoms with Gasteiger partial charge in [0.2, 0.25) is 11.7 Å². The van der Waals surface area contributed by atoms with E-state index in [1.54, 1.807) is 54.6 Å². The maximum absolute atomic E-state index is 12.3. The van der Waals surface area contributed by atoms with Crippen LogP contribution in [0.3, 0.4) is 0 Å². The first-order valence-electron chi connectivity index (χ1n) is 10.8. The number of carbonyl (C=O) groups excluding carboxylic acids is 3. The van der Waals surface area contributed by atoms with Gasteiger partial charge < -0.3 is 14.8 Å². The smallest absolute Gasteiger partial charge is 0.307 e. The molecular weight excluding hydrogens is 418 g/mol. The minimum Gasteiger partial charge on any atom is -0.457 e. The molecule has 0 fully saturated rings. The molecule has 1 amide bonds. The summed E-state index contributed by atoms with van der Waals surface area (Å²) in [5.74, 6) is 0.237. The number of esters is 1. The van der Waals surface area contributed by atoms with Gasteiger partial charge >= 0.3 is 5.97 Å². The minimum absolute atomic E-state index is 0.0498. The number of benzene rings is 3. The van der Waals surface area contributed by atoms with Gasteiger partial charge in [0.15, 0.2) is 6.10 Å². The Hall–Kier alpha value is -3.93. The van der Waals surface area contributed by atoms with Crippen LogP contribution in [0.2, 0.25) is 0 Å². The van der Waals surface area contributed by atoms with Crippen LogP contribution in [0.15, 0.2) is 72.8 Å². The number of carbonyl (C=O) groups is 3. The van der Waals surface area contributed by atoms with Gasteiger partial charge in [0.1, 0.15) is 11.5 Å². The summed E-state index contributed by atoms with van der Waals surface area (Å²) >= 11 is 0. The number of ketones is 1. The van der Waals surface area contributed by atoms with Gasteiger partial charge in [0.25, 0.3) is 0 Å². The topological polar surface area (TPSA) is 81.7 Å². The molecule has 0 aliphatic carbocycles. The summed E-state index contributed by atoms with van der Waals surface area (Å²) in [5, 5.41) is 2.74. The number of nitrogens with one attached hydrogen (secondary N) is 1. The van der Waals surface area contributed by atoms with Crippen LogP contribution in [0.4, 0.5) is 5.69 Å². The molecule has 0 spiro atoms. The van der Waals surface area contributed by atoms with Gasteiger partial charge in [0, 0.05) is 17.7 Å². The van der Waals surface area contributed by atoms with Crippen molar-refractivity contribution in [2.75, 3.05) is 5.32 Å². The van der Waals surface area contributed by atoms with E-state index in [2.05, 4.69) is 5.32 Å². The number of Topliss-reactive ketones (excluding diaryl/α,β-unsaturated/α-hetero) is 1. The van der Waals surface area contributed by atoms with Crippen molar-refractivity contribution in [3.05, 3.63) is 89.5 Å². The van der Waals surface area contributed by atoms with E-state index >= 15 is 0 Å². The van der Waals surface area contributed by atoms with Crippen molar-refractivity contribution in [1.29, 1.82) is 0 Å². The molecule has 0 aliphatic heterocycles. The van der Waals surface area contributed by atoms with Gasteiger partial charge in [-0.25, -0.2) is 0 Å². The third-order valence-electron chi connectivity index (χ3n) is 5.00. The van der Waals surface area contributed by atoms with Gasteiger partial charge in [-0.3, -0.25) is 14.4 Å². The lowest BCUT2D eigenvalue weighted by atomic mass is 10.1. The second-order valence-corrected chi connectivity index (χ2v) is 7.81. The first-order valence-corrected chi connectivity index (χ1v) is 10.8. The van der Waals surface area contributed by atoms with Crippen molar-refractivity contribution in [2.24, 2.45) is 0 Å². The fourth-order valence-corrected chi connectivity index (χ4v) is 3.14. The third kappa shape index (κ3) is 7.04. The molecule has 0 saturated heterocycles. The Balaban J connectivity index is 1.45. The lowest BCUT2D eigenvalue weighted by molar-refractivity contribution is -0.147. The second kappa shape index (κ2) is 11.1. The highest BCUT2D eigenvalue weighted by Gasteiger charge is 2.19. The molecule has 170 valence electrons. The molecule has 0 saturated carbocycles. The van der Waals surface area contributed by atoms with Crippen LogP contribution in [0.5, 0.6) is 11.5 Å². The number of hydrogen-bond acceptors (Lipinski definition) is 5. The summed E-state index contributed by atoms with van der Waals surface area (Å²) in [4.78, 5) is 36.5. The van der Waals surface area contributed by atoms with Crippen LogP contribution >= 0.6 is 0 Å². The predicted molar refractivity (Wildman–Crippen MR) is 127 cm³/mol. The summed E-state index contributed by atoms with van der Waals surface area (Å²) in [6, 6.07) is 21.6. The number of amides is 1. The molecular formula is C27H27NO5. The van der Waals surface area contributed by atoms with E-state index in [1.807, 2.05) is 32.0 Å². The number of aryl methyl sites for hydroxylation is 2. The van der Waals surface area contributed by atoms with Crippen LogP contribution < -0.4 is 10.1 Å². The van der Waals surface area contributed by atoms with Crippen molar-refractivity contribution in [3.8, 4) is 11.5 Å². The molecule has 0 aliphatic rings. The molecule has 3 aromatic rings. The normalized spacial score (nSPS) is 11.4. The van der Waals surface area contributed by atoms with Crippen LogP contribution in [-0.4, -0.2) is 23.8 Å². The SMILES string of the molecule is Cc1ccc(C)c(Oc2ccc(NC(=O)CCC(=O)OC(C)C(=O)c3ccccc3)cc2)c1. The Labute approximate surface area is 193 Å². The zero-order valence-electron chi connectivity index (χ0n) is 19.0. The highest BCUT2D eigenvalue weighted by atomic mass is 16.5. The largest absolute Gasteiger partial charge is 0.457 e. The fraction of sp³-hybridized carbons (Fsp3) is 0.222. The van der Waals surface area contributed by atoms with Gasteiger partial charge in [-0.1, -0.05) is 42.5 Å². The van der Waals surface area contributed by atoms with Crippen LogP contribution in [-0.2, 0) is 14.3 Å². The fourth-order valence-electron chi connectivity index (χ4n) is 3.14. The molecule has 6 nitrogen and oxygen atoms in total. The molecule has 1 N–H and O–H groups in total. The van der Waals surface area contributed by atoms with Crippen LogP contribution in [0.1, 0.15) is 41.3 Å². The van der Waals surface area contributed by atoms with Gasteiger partial charge in [-0.05, 0) is 62.2 Å². The van der Waals surface area contributed by atoms with E-state index in [9.17, 15) is 14.4 Å². The second-order valence-electron chi connectivity index (χ2n) is 7.81. The molecule has 1 unspecified atom stereocenters. The maximum atomic E-state index is 12.3. The number of ether oxygens (including phenoxy) is 2. The zero-order chi connectivity index (χ0) is 23.8. The van der Waals surface area contributed by atoms with E-state index in [0.29, 0.717) is 17.0 Å². The standard InChI is InChI=1S/C27H27NO5/c1-18-9-10-19(2)24(17-18)33-23-13-11-22(12-14-23)28-25(29)15-16-26(30)32-20(3)27(31)21-7-5-4-6-8-21/h4-14,17,20H,15-16H2,1-3H3,(H,28,29). The zero-order valence-corrected chi connectivity index (χ0v) is 19.0. The summed E-state index contributed by atoms with van der Waals surface area (Å²) in [7, 11) is 0. The van der Waals surface area contributed by atoms with Gasteiger partial charge in [0.05, 0.1) is 6.42 Å². The van der Waals surface area contributed by atoms with E-state index in [1.165, 1.54) is 6.92 Å². The number of anilines is 1. The Bertz CT molecular complexity index is 1120. The first kappa shape index (κ1) is 23.7. The van der Waals surface area contributed by atoms with E-state index in [0.717, 1.165) is 16.9 Å². The molecule has 3 rings (SSSR count). The summed E-state index contributed by atoms with van der Waals surface area (Å²) in [5.41, 5.74) is 3.20. The van der Waals surface area contributed by atoms with E-state index < -0.39 is 12.1 Å². The van der Waals surface area contributed by atoms with Crippen molar-refractivity contribution in [1.82, 2.24) is 0 Å². The Morgan fingerprint density at radius 1 is 0.879 bits per heavy atom. The van der Waals surface area contributed by atoms with Crippen LogP contribution in [0, 0.1) is 13.8 Å². The first-order chi connectivity index (χ1) is 15.8. The summed E-state index contributed by atoms with van der Waals surface area (Å²) in [6.45, 7) is 5.50. The van der Waals surface area contributed by atoms with Crippen molar-refractivity contribution in [2.45, 2.75) is 39.7 Å². The van der Waals surface area contributed by atoms with E-state index in [-0.39, 0.29) is 24.5 Å². The minimum atomic E-state index is -0.910. The Morgan fingerprint density at radius 2 is 1.58 bits per heavy atom. The molecule has 0 bridgehead atoms. The van der Waals surface area contributed by atoms with Gasteiger partial charge in [-0.15, -0.1) is 0 Å². The molecule has 33 heavy (non-hydrogen) atoms. The molecule has 0 radical (unpaired) electrons. The van der Waals surface area contributed by atoms with Crippen molar-refractivity contribution in [3.63, 3.8) is 0 Å². The monoisotopic (exact) mass is 445 g/mol. The van der Waals surface area contributed by atoms with Crippen molar-refractivity contribution < 1.29 is 23.9 Å². The lowest BCUT2D eigenvalue weighted by Crippen LogP contribution is -2.25. The summed E-state index contributed by atoms with van der Waals surface area (Å²) < 4.78 is 11.1. The Kier molecular flexibility index (Phi) is 7.97. The van der Waals surface area contributed by atoms with Crippen LogP contribution in [0.25, 0.3) is 0 Å². The molecule has 6 heteroatoms. The van der Waals surface area contributed by atoms with Gasteiger partial charge in [-0.2, -0.15) is 0 Å². The highest BCUT2D eigenvalue weighted by Crippen LogP contribution is 2.27. The molecule has 0 aromatic heterocycles. The molecule has 1 atom stereocenters. The average Bonchev–Trinajstić information content (AvgIpc) is 2.81. The maximum Gasteiger partial charge on any atom is 0.307 e. The highest BCUT2D eigenvalue weighted by molar-refractivity contribution is 6.00. The number of rotatable bonds is 9. The average molecular weight is 446 g/mol. The third-order valence-corrected chi connectivity index (χ3v) is 5.00. The van der Waals surface area contributed by atoms with E-state index in [4.69, 9.17) is 9.47 Å². The Morgan fingerprint density at radius 3 is 2.27 bits per heavy atom. The predicted octanol–water partition coefficient (Wildman–Crippen LogP) is 5.63. The molecule has 3 aromatic carbocycles. The number of hydrogen-bond donors (Lipinski definition) is 1. The van der Waals surface area contributed by atoms with Crippen molar-refractivity contribution >= 4 is 23.3 Å². The lowest BCUT2D eigenvalue weighted by Gasteiger charge is -2.12.